The van der Waals surface area contributed by atoms with Crippen LogP contribution in [0.2, 0.25) is 0 Å². The van der Waals surface area contributed by atoms with Gasteiger partial charge in [0.05, 0.1) is 5.56 Å². The lowest BCUT2D eigenvalue weighted by Gasteiger charge is -2.34. The molecule has 5 nitrogen and oxygen atoms in total. The molecule has 128 valence electrons. The maximum absolute atomic E-state index is 12.4. The van der Waals surface area contributed by atoms with E-state index in [0.29, 0.717) is 17.1 Å². The lowest BCUT2D eigenvalue weighted by molar-refractivity contribution is 0.100. The molecule has 0 saturated carbocycles. The molecular weight excluding hydrogens is 316 g/mol. The average molecular weight is 336 g/mol. The highest BCUT2D eigenvalue weighted by Crippen LogP contribution is 2.33. The Morgan fingerprint density at radius 2 is 1.80 bits per heavy atom. The van der Waals surface area contributed by atoms with Gasteiger partial charge in [0.15, 0.2) is 5.76 Å². The minimum absolute atomic E-state index is 0.0994. The van der Waals surface area contributed by atoms with Gasteiger partial charge in [-0.15, -0.1) is 0 Å². The number of rotatable bonds is 3. The van der Waals surface area contributed by atoms with Crippen molar-refractivity contribution in [1.82, 2.24) is 9.80 Å². The van der Waals surface area contributed by atoms with Crippen LogP contribution in [0.4, 0.5) is 0 Å². The fourth-order valence-electron chi connectivity index (χ4n) is 3.22. The van der Waals surface area contributed by atoms with Gasteiger partial charge in [0, 0.05) is 45.0 Å². The number of benzene rings is 2. The van der Waals surface area contributed by atoms with Crippen LogP contribution in [0.1, 0.15) is 15.9 Å². The summed E-state index contributed by atoms with van der Waals surface area (Å²) in [7, 11) is 0. The number of Topliss-reactive ketones (excluding diaryl/α,β-unsaturated/α-hetero) is 1. The first-order valence-corrected chi connectivity index (χ1v) is 8.47. The van der Waals surface area contributed by atoms with Crippen LogP contribution in [0.5, 0.6) is 11.5 Å². The molecule has 5 heteroatoms. The number of fused-ring (bicyclic) bond motifs is 1. The molecule has 0 spiro atoms. The second kappa shape index (κ2) is 6.61. The molecule has 2 aliphatic heterocycles. The third kappa shape index (κ3) is 3.37. The Morgan fingerprint density at radius 1 is 1.04 bits per heavy atom. The number of phenols is 1. The third-order valence-corrected chi connectivity index (χ3v) is 4.61. The molecule has 0 radical (unpaired) electrons. The molecule has 0 bridgehead atoms. The summed E-state index contributed by atoms with van der Waals surface area (Å²) in [5, 5.41) is 9.51. The number of phenolic OH excluding ortho intramolecular Hbond substituents is 1. The van der Waals surface area contributed by atoms with Gasteiger partial charge in [0.25, 0.3) is 0 Å². The maximum Gasteiger partial charge on any atom is 0.233 e. The van der Waals surface area contributed by atoms with Gasteiger partial charge in [-0.1, -0.05) is 30.3 Å². The molecule has 0 unspecified atom stereocenters. The highest BCUT2D eigenvalue weighted by atomic mass is 16.5. The smallest absolute Gasteiger partial charge is 0.233 e. The highest BCUT2D eigenvalue weighted by molar-refractivity contribution is 6.12. The van der Waals surface area contributed by atoms with Crippen molar-refractivity contribution in [2.75, 3.05) is 26.2 Å². The van der Waals surface area contributed by atoms with E-state index < -0.39 is 0 Å². The number of allylic oxidation sites excluding steroid dienone is 1. The Morgan fingerprint density at radius 3 is 2.56 bits per heavy atom. The van der Waals surface area contributed by atoms with Crippen molar-refractivity contribution in [2.45, 2.75) is 6.54 Å². The number of ketones is 1. The number of piperazine rings is 1. The Hall–Kier alpha value is -2.79. The molecule has 0 atom stereocenters. The third-order valence-electron chi connectivity index (χ3n) is 4.61. The van der Waals surface area contributed by atoms with Crippen LogP contribution in [0, 0.1) is 0 Å². The normalized spacial score (nSPS) is 19.1. The van der Waals surface area contributed by atoms with Crippen molar-refractivity contribution in [3.63, 3.8) is 0 Å². The van der Waals surface area contributed by atoms with E-state index in [1.807, 2.05) is 6.07 Å². The second-order valence-electron chi connectivity index (χ2n) is 6.40. The molecule has 2 aliphatic rings. The Kier molecular flexibility index (Phi) is 4.15. The highest BCUT2D eigenvalue weighted by Gasteiger charge is 2.28. The first-order chi connectivity index (χ1) is 12.2. The summed E-state index contributed by atoms with van der Waals surface area (Å²) in [5.41, 5.74) is 1.82. The molecule has 2 heterocycles. The summed E-state index contributed by atoms with van der Waals surface area (Å²) in [4.78, 5) is 16.9. The second-order valence-corrected chi connectivity index (χ2v) is 6.40. The van der Waals surface area contributed by atoms with Crippen molar-refractivity contribution in [2.24, 2.45) is 0 Å². The quantitative estimate of drug-likeness (QED) is 0.873. The number of carbonyl (C=O) groups excluding carboxylic acids is 1. The fraction of sp³-hybridized carbons (Fsp3) is 0.250. The fourth-order valence-corrected chi connectivity index (χ4v) is 3.22. The van der Waals surface area contributed by atoms with Gasteiger partial charge in [-0.2, -0.15) is 0 Å². The zero-order chi connectivity index (χ0) is 17.2. The minimum atomic E-state index is -0.123. The predicted octanol–water partition coefficient (Wildman–Crippen LogP) is 2.63. The monoisotopic (exact) mass is 336 g/mol. The summed E-state index contributed by atoms with van der Waals surface area (Å²) in [6.45, 7) is 4.55. The summed E-state index contributed by atoms with van der Waals surface area (Å²) < 4.78 is 5.62. The van der Waals surface area contributed by atoms with Crippen LogP contribution < -0.4 is 4.74 Å². The Bertz CT molecular complexity index is 809. The largest absolute Gasteiger partial charge is 0.508 e. The van der Waals surface area contributed by atoms with Crippen molar-refractivity contribution in [3.05, 3.63) is 71.6 Å². The molecule has 0 aromatic heterocycles. The summed E-state index contributed by atoms with van der Waals surface area (Å²) in [5.74, 6) is 0.736. The zero-order valence-corrected chi connectivity index (χ0v) is 13.9. The van der Waals surface area contributed by atoms with Crippen molar-refractivity contribution in [3.8, 4) is 11.5 Å². The standard InChI is InChI=1S/C20H20N2O3/c23-16-6-7-17-18(12-16)25-19(20(17)24)14-22-10-8-21(9-11-22)13-15-4-2-1-3-5-15/h1-7,12,14,23H,8-11,13H2. The van der Waals surface area contributed by atoms with Crippen LogP contribution in [0.25, 0.3) is 0 Å². The van der Waals surface area contributed by atoms with Crippen LogP contribution >= 0.6 is 0 Å². The number of aromatic hydroxyl groups is 1. The molecular formula is C20H20N2O3. The molecule has 0 aliphatic carbocycles. The number of carbonyl (C=O) groups is 1. The molecule has 1 saturated heterocycles. The van der Waals surface area contributed by atoms with E-state index in [-0.39, 0.29) is 11.5 Å². The SMILES string of the molecule is O=C1C(=CN2CCN(Cc3ccccc3)CC2)Oc2cc(O)ccc21. The number of hydrogen-bond donors (Lipinski definition) is 1. The maximum atomic E-state index is 12.4. The van der Waals surface area contributed by atoms with Gasteiger partial charge in [0.2, 0.25) is 5.78 Å². The molecule has 1 N–H and O–H groups in total. The molecule has 25 heavy (non-hydrogen) atoms. The lowest BCUT2D eigenvalue weighted by atomic mass is 10.1. The summed E-state index contributed by atoms with van der Waals surface area (Å²) in [6.07, 6.45) is 1.80. The van der Waals surface area contributed by atoms with Crippen LogP contribution in [-0.4, -0.2) is 46.9 Å². The number of ether oxygens (including phenoxy) is 1. The topological polar surface area (TPSA) is 53.0 Å². The van der Waals surface area contributed by atoms with Gasteiger partial charge in [-0.25, -0.2) is 0 Å². The number of nitrogens with zero attached hydrogens (tertiary/aromatic N) is 2. The van der Waals surface area contributed by atoms with E-state index in [4.69, 9.17) is 4.74 Å². The molecule has 1 fully saturated rings. The van der Waals surface area contributed by atoms with Gasteiger partial charge < -0.3 is 14.7 Å². The van der Waals surface area contributed by atoms with E-state index in [1.165, 1.54) is 17.7 Å². The first-order valence-electron chi connectivity index (χ1n) is 8.47. The van der Waals surface area contributed by atoms with Crippen molar-refractivity contribution >= 4 is 5.78 Å². The number of hydrogen-bond acceptors (Lipinski definition) is 5. The average Bonchev–Trinajstić information content (AvgIpc) is 2.92. The molecule has 2 aromatic rings. The summed E-state index contributed by atoms with van der Waals surface area (Å²) >= 11 is 0. The van der Waals surface area contributed by atoms with Crippen LogP contribution in [-0.2, 0) is 6.54 Å². The lowest BCUT2D eigenvalue weighted by Crippen LogP contribution is -2.43. The molecule has 0 amide bonds. The van der Waals surface area contributed by atoms with Gasteiger partial charge >= 0.3 is 0 Å². The van der Waals surface area contributed by atoms with Crippen LogP contribution in [0.15, 0.2) is 60.5 Å². The van der Waals surface area contributed by atoms with Gasteiger partial charge in [0.1, 0.15) is 11.5 Å². The minimum Gasteiger partial charge on any atom is -0.508 e. The Balaban J connectivity index is 1.37. The van der Waals surface area contributed by atoms with E-state index in [2.05, 4.69) is 34.1 Å². The Labute approximate surface area is 146 Å². The first kappa shape index (κ1) is 15.7. The molecule has 4 rings (SSSR count). The van der Waals surface area contributed by atoms with Crippen molar-refractivity contribution < 1.29 is 14.6 Å². The zero-order valence-electron chi connectivity index (χ0n) is 13.9. The van der Waals surface area contributed by atoms with E-state index in [9.17, 15) is 9.90 Å². The van der Waals surface area contributed by atoms with E-state index in [0.717, 1.165) is 32.7 Å². The van der Waals surface area contributed by atoms with Gasteiger partial charge in [-0.3, -0.25) is 9.69 Å². The molecule has 2 aromatic carbocycles. The van der Waals surface area contributed by atoms with E-state index >= 15 is 0 Å². The van der Waals surface area contributed by atoms with Gasteiger partial charge in [-0.05, 0) is 17.7 Å². The van der Waals surface area contributed by atoms with E-state index in [1.54, 1.807) is 12.3 Å². The predicted molar refractivity (Wildman–Crippen MR) is 94.4 cm³/mol. The van der Waals surface area contributed by atoms with Crippen LogP contribution in [0.3, 0.4) is 0 Å². The summed E-state index contributed by atoms with van der Waals surface area (Å²) in [6, 6.07) is 15.0. The van der Waals surface area contributed by atoms with Crippen molar-refractivity contribution in [1.29, 1.82) is 0 Å².